The summed E-state index contributed by atoms with van der Waals surface area (Å²) in [5.41, 5.74) is 0.527. The molecule has 2 rings (SSSR count). The zero-order chi connectivity index (χ0) is 13.0. The number of ether oxygens (including phenoxy) is 3. The standard InChI is InChI=1S/C13H18NO4/c1-16-9-11-5-6-12(18-11)14-7-3-4-10(8-14)13(15)17-2/h3-4,7-8,11-12H,5-6,9H2,1-2H3/q+1. The van der Waals surface area contributed by atoms with Crippen molar-refractivity contribution in [3.63, 3.8) is 0 Å². The first-order valence-electron chi connectivity index (χ1n) is 5.98. The molecule has 0 amide bonds. The summed E-state index contributed by atoms with van der Waals surface area (Å²) in [4.78, 5) is 11.5. The van der Waals surface area contributed by atoms with Gasteiger partial charge in [0.15, 0.2) is 12.4 Å². The fourth-order valence-electron chi connectivity index (χ4n) is 2.13. The number of pyridine rings is 1. The van der Waals surface area contributed by atoms with Crippen molar-refractivity contribution >= 4 is 5.97 Å². The smallest absolute Gasteiger partial charge is 0.343 e. The second kappa shape index (κ2) is 5.93. The van der Waals surface area contributed by atoms with Gasteiger partial charge in [-0.15, -0.1) is 0 Å². The lowest BCUT2D eigenvalue weighted by atomic mass is 10.2. The Balaban J connectivity index is 2.08. The Hall–Kier alpha value is -1.46. The average Bonchev–Trinajstić information content (AvgIpc) is 2.87. The molecule has 2 atom stereocenters. The fraction of sp³-hybridized carbons (Fsp3) is 0.538. The fourth-order valence-corrected chi connectivity index (χ4v) is 2.13. The molecule has 1 aliphatic rings. The Kier molecular flexibility index (Phi) is 4.28. The van der Waals surface area contributed by atoms with Gasteiger partial charge in [0, 0.05) is 19.6 Å². The summed E-state index contributed by atoms with van der Waals surface area (Å²) < 4.78 is 17.5. The molecule has 0 aromatic carbocycles. The number of methoxy groups -OCH3 is 2. The number of hydrogen-bond acceptors (Lipinski definition) is 4. The highest BCUT2D eigenvalue weighted by atomic mass is 16.5. The molecule has 1 fully saturated rings. The van der Waals surface area contributed by atoms with E-state index in [1.165, 1.54) is 7.11 Å². The third kappa shape index (κ3) is 2.86. The number of esters is 1. The van der Waals surface area contributed by atoms with Gasteiger partial charge in [-0.2, -0.15) is 4.57 Å². The number of hydrogen-bond donors (Lipinski definition) is 0. The van der Waals surface area contributed by atoms with Crippen LogP contribution in [0.25, 0.3) is 0 Å². The third-order valence-electron chi connectivity index (χ3n) is 3.01. The van der Waals surface area contributed by atoms with Gasteiger partial charge in [-0.25, -0.2) is 4.79 Å². The minimum absolute atomic E-state index is 0.0326. The predicted molar refractivity (Wildman–Crippen MR) is 63.0 cm³/mol. The third-order valence-corrected chi connectivity index (χ3v) is 3.01. The lowest BCUT2D eigenvalue weighted by molar-refractivity contribution is -0.759. The Bertz CT molecular complexity index is 421. The van der Waals surface area contributed by atoms with Crippen LogP contribution in [-0.2, 0) is 14.2 Å². The largest absolute Gasteiger partial charge is 0.465 e. The number of nitrogens with zero attached hydrogens (tertiary/aromatic N) is 1. The Morgan fingerprint density at radius 2 is 2.33 bits per heavy atom. The normalized spacial score (nSPS) is 23.0. The van der Waals surface area contributed by atoms with Gasteiger partial charge in [0.25, 0.3) is 6.23 Å². The van der Waals surface area contributed by atoms with Crippen LogP contribution in [0.3, 0.4) is 0 Å². The van der Waals surface area contributed by atoms with E-state index >= 15 is 0 Å². The predicted octanol–water partition coefficient (Wildman–Crippen LogP) is 1.08. The molecule has 0 bridgehead atoms. The highest BCUT2D eigenvalue weighted by molar-refractivity contribution is 5.88. The summed E-state index contributed by atoms with van der Waals surface area (Å²) >= 11 is 0. The number of carbonyl (C=O) groups excluding carboxylic acids is 1. The van der Waals surface area contributed by atoms with Crippen LogP contribution in [0.1, 0.15) is 29.4 Å². The lowest BCUT2D eigenvalue weighted by Gasteiger charge is -2.09. The van der Waals surface area contributed by atoms with Crippen LogP contribution in [0, 0.1) is 0 Å². The van der Waals surface area contributed by atoms with Gasteiger partial charge < -0.3 is 14.2 Å². The van der Waals surface area contributed by atoms with Crippen LogP contribution in [0.2, 0.25) is 0 Å². The van der Waals surface area contributed by atoms with Crippen LogP contribution in [0.5, 0.6) is 0 Å². The number of aromatic nitrogens is 1. The van der Waals surface area contributed by atoms with Gasteiger partial charge in [0.05, 0.1) is 19.8 Å². The maximum Gasteiger partial charge on any atom is 0.343 e. The van der Waals surface area contributed by atoms with Gasteiger partial charge in [-0.3, -0.25) is 0 Å². The highest BCUT2D eigenvalue weighted by Gasteiger charge is 2.32. The van der Waals surface area contributed by atoms with Crippen molar-refractivity contribution < 1.29 is 23.6 Å². The summed E-state index contributed by atoms with van der Waals surface area (Å²) in [6, 6.07) is 3.54. The number of rotatable bonds is 4. The molecule has 0 spiro atoms. The zero-order valence-electron chi connectivity index (χ0n) is 10.7. The Labute approximate surface area is 106 Å². The molecule has 0 radical (unpaired) electrons. The molecular weight excluding hydrogens is 234 g/mol. The lowest BCUT2D eigenvalue weighted by Crippen LogP contribution is -2.40. The maximum absolute atomic E-state index is 11.5. The van der Waals surface area contributed by atoms with E-state index < -0.39 is 0 Å². The van der Waals surface area contributed by atoms with E-state index in [4.69, 9.17) is 14.2 Å². The Morgan fingerprint density at radius 1 is 1.50 bits per heavy atom. The SMILES string of the molecule is COCC1CCC([n+]2cccc(C(=O)OC)c2)O1. The van der Waals surface area contributed by atoms with Crippen molar-refractivity contribution in [2.24, 2.45) is 0 Å². The van der Waals surface area contributed by atoms with Crippen LogP contribution in [0.15, 0.2) is 24.5 Å². The van der Waals surface area contributed by atoms with Crippen molar-refractivity contribution in [2.75, 3.05) is 20.8 Å². The molecule has 1 aromatic heterocycles. The van der Waals surface area contributed by atoms with Crippen LogP contribution >= 0.6 is 0 Å². The van der Waals surface area contributed by atoms with E-state index in [2.05, 4.69) is 0 Å². The minimum atomic E-state index is -0.337. The first-order valence-corrected chi connectivity index (χ1v) is 5.98. The van der Waals surface area contributed by atoms with Gasteiger partial charge >= 0.3 is 5.97 Å². The van der Waals surface area contributed by atoms with E-state index in [1.807, 2.05) is 16.8 Å². The van der Waals surface area contributed by atoms with Gasteiger partial charge in [-0.1, -0.05) is 0 Å². The van der Waals surface area contributed by atoms with Crippen molar-refractivity contribution in [1.82, 2.24) is 0 Å². The molecule has 1 aromatic rings. The molecule has 0 saturated carbocycles. The molecule has 2 heterocycles. The molecule has 5 nitrogen and oxygen atoms in total. The molecule has 0 aliphatic carbocycles. The monoisotopic (exact) mass is 252 g/mol. The molecule has 98 valence electrons. The summed E-state index contributed by atoms with van der Waals surface area (Å²) in [5.74, 6) is -0.337. The molecule has 18 heavy (non-hydrogen) atoms. The summed E-state index contributed by atoms with van der Waals surface area (Å²) in [5, 5.41) is 0. The van der Waals surface area contributed by atoms with Gasteiger partial charge in [0.1, 0.15) is 5.56 Å². The van der Waals surface area contributed by atoms with E-state index in [9.17, 15) is 4.79 Å². The topological polar surface area (TPSA) is 48.6 Å². The zero-order valence-corrected chi connectivity index (χ0v) is 10.7. The molecule has 1 saturated heterocycles. The van der Waals surface area contributed by atoms with Crippen molar-refractivity contribution in [2.45, 2.75) is 25.2 Å². The van der Waals surface area contributed by atoms with Crippen LogP contribution in [0.4, 0.5) is 0 Å². The molecule has 0 N–H and O–H groups in total. The van der Waals surface area contributed by atoms with Crippen molar-refractivity contribution in [3.8, 4) is 0 Å². The second-order valence-electron chi connectivity index (χ2n) is 4.28. The van der Waals surface area contributed by atoms with E-state index in [1.54, 1.807) is 19.4 Å². The number of carbonyl (C=O) groups is 1. The van der Waals surface area contributed by atoms with Crippen molar-refractivity contribution in [1.29, 1.82) is 0 Å². The molecule has 5 heteroatoms. The minimum Gasteiger partial charge on any atom is -0.465 e. The van der Waals surface area contributed by atoms with Crippen molar-refractivity contribution in [3.05, 3.63) is 30.1 Å². The molecule has 2 unspecified atom stereocenters. The maximum atomic E-state index is 11.5. The van der Waals surface area contributed by atoms with Crippen LogP contribution in [-0.4, -0.2) is 32.9 Å². The second-order valence-corrected chi connectivity index (χ2v) is 4.28. The van der Waals surface area contributed by atoms with Gasteiger partial charge in [-0.05, 0) is 12.5 Å². The highest BCUT2D eigenvalue weighted by Crippen LogP contribution is 2.23. The van der Waals surface area contributed by atoms with Crippen LogP contribution < -0.4 is 4.57 Å². The van der Waals surface area contributed by atoms with Gasteiger partial charge in [0.2, 0.25) is 0 Å². The quantitative estimate of drug-likeness (QED) is 0.594. The summed E-state index contributed by atoms with van der Waals surface area (Å²) in [7, 11) is 3.04. The molecule has 1 aliphatic heterocycles. The first kappa shape index (κ1) is 13.0. The molecular formula is C13H18NO4+. The first-order chi connectivity index (χ1) is 8.74. The van der Waals surface area contributed by atoms with E-state index in [0.29, 0.717) is 12.2 Å². The Morgan fingerprint density at radius 3 is 3.06 bits per heavy atom. The average molecular weight is 252 g/mol. The summed E-state index contributed by atoms with van der Waals surface area (Å²) in [6.45, 7) is 0.605. The summed E-state index contributed by atoms with van der Waals surface area (Å²) in [6.07, 6.45) is 5.64. The van der Waals surface area contributed by atoms with E-state index in [-0.39, 0.29) is 18.3 Å². The van der Waals surface area contributed by atoms with E-state index in [0.717, 1.165) is 12.8 Å².